The lowest BCUT2D eigenvalue weighted by atomic mass is 10.1. The Morgan fingerprint density at radius 3 is 3.00 bits per heavy atom. The van der Waals surface area contributed by atoms with Crippen LogP contribution in [0.3, 0.4) is 0 Å². The lowest BCUT2D eigenvalue weighted by molar-refractivity contribution is 0.240. The van der Waals surface area contributed by atoms with E-state index < -0.39 is 0 Å². The maximum absolute atomic E-state index is 8.45. The molecule has 2 rings (SSSR count). The van der Waals surface area contributed by atoms with Crippen LogP contribution in [-0.4, -0.2) is 16.5 Å². The largest absolute Gasteiger partial charge is 0.290 e. The van der Waals surface area contributed by atoms with Crippen molar-refractivity contribution in [3.05, 3.63) is 36.0 Å². The molecular formula is C11H11N3O. The molecule has 0 bridgehead atoms. The number of para-hydroxylation sites is 1. The molecule has 0 saturated carbocycles. The van der Waals surface area contributed by atoms with Crippen LogP contribution in [0.5, 0.6) is 0 Å². The first kappa shape index (κ1) is 9.61. The van der Waals surface area contributed by atoms with Crippen molar-refractivity contribution in [2.75, 3.05) is 0 Å². The molecule has 0 atom stereocenters. The molecule has 76 valence electrons. The van der Waals surface area contributed by atoms with Gasteiger partial charge >= 0.3 is 0 Å². The topological polar surface area (TPSA) is 57.5 Å². The lowest BCUT2D eigenvalue weighted by Crippen LogP contribution is -2.01. The van der Waals surface area contributed by atoms with Crippen molar-refractivity contribution in [3.63, 3.8) is 0 Å². The van der Waals surface area contributed by atoms with Crippen molar-refractivity contribution in [3.8, 4) is 0 Å². The molecule has 0 aliphatic carbocycles. The fourth-order valence-electron chi connectivity index (χ4n) is 1.49. The number of hydrogen-bond donors (Lipinski definition) is 2. The number of hydroxylamine groups is 1. The van der Waals surface area contributed by atoms with Crippen LogP contribution >= 0.6 is 0 Å². The molecule has 0 radical (unpaired) electrons. The molecule has 2 N–H and O–H groups in total. The summed E-state index contributed by atoms with van der Waals surface area (Å²) in [5.74, 6) is 0. The average molecular weight is 201 g/mol. The maximum Gasteiger partial charge on any atom is 0.113 e. The van der Waals surface area contributed by atoms with Crippen LogP contribution in [0.15, 0.2) is 35.3 Å². The van der Waals surface area contributed by atoms with Crippen molar-refractivity contribution in [1.29, 1.82) is 0 Å². The summed E-state index contributed by atoms with van der Waals surface area (Å²) in [7, 11) is 0. The van der Waals surface area contributed by atoms with Gasteiger partial charge in [0.2, 0.25) is 0 Å². The first-order valence-corrected chi connectivity index (χ1v) is 4.60. The summed E-state index contributed by atoms with van der Waals surface area (Å²) in [6, 6.07) is 9.63. The van der Waals surface area contributed by atoms with Gasteiger partial charge < -0.3 is 0 Å². The van der Waals surface area contributed by atoms with Crippen LogP contribution in [0.2, 0.25) is 0 Å². The third kappa shape index (κ3) is 1.94. The van der Waals surface area contributed by atoms with Crippen LogP contribution in [0.4, 0.5) is 5.69 Å². The quantitative estimate of drug-likeness (QED) is 0.445. The van der Waals surface area contributed by atoms with Crippen LogP contribution in [-0.2, 0) is 0 Å². The van der Waals surface area contributed by atoms with E-state index >= 15 is 0 Å². The second-order valence-electron chi connectivity index (χ2n) is 3.19. The normalized spacial score (nSPS) is 11.1. The number of nitrogens with one attached hydrogen (secondary N) is 1. The first-order valence-electron chi connectivity index (χ1n) is 4.60. The minimum Gasteiger partial charge on any atom is -0.290 e. The van der Waals surface area contributed by atoms with Gasteiger partial charge in [0, 0.05) is 11.1 Å². The number of hydrogen-bond acceptors (Lipinski definition) is 3. The Kier molecular flexibility index (Phi) is 2.60. The van der Waals surface area contributed by atoms with E-state index in [9.17, 15) is 0 Å². The summed E-state index contributed by atoms with van der Waals surface area (Å²) in [4.78, 5) is 8.48. The third-order valence-corrected chi connectivity index (χ3v) is 2.08. The molecule has 0 amide bonds. The number of benzene rings is 1. The van der Waals surface area contributed by atoms with Gasteiger partial charge in [-0.3, -0.25) is 15.7 Å². The zero-order valence-corrected chi connectivity index (χ0v) is 8.31. The predicted octanol–water partition coefficient (Wildman–Crippen LogP) is 2.18. The molecule has 0 saturated heterocycles. The highest BCUT2D eigenvalue weighted by atomic mass is 16.5. The standard InChI is InChI=1S/C11H11N3O/c1-8-6-11(12-7-13-15)9-4-2-3-5-10(9)14-8/h2-7,15H,1H3,(H,12,13,14). The van der Waals surface area contributed by atoms with Gasteiger partial charge in [-0.1, -0.05) is 18.2 Å². The smallest absolute Gasteiger partial charge is 0.113 e. The van der Waals surface area contributed by atoms with E-state index in [-0.39, 0.29) is 0 Å². The molecule has 0 spiro atoms. The lowest BCUT2D eigenvalue weighted by Gasteiger charge is -2.02. The number of aromatic nitrogens is 1. The third-order valence-electron chi connectivity index (χ3n) is 2.08. The second-order valence-corrected chi connectivity index (χ2v) is 3.19. The fourth-order valence-corrected chi connectivity index (χ4v) is 1.49. The van der Waals surface area contributed by atoms with E-state index in [1.807, 2.05) is 42.7 Å². The monoisotopic (exact) mass is 201 g/mol. The molecule has 0 fully saturated rings. The molecule has 0 aliphatic rings. The summed E-state index contributed by atoms with van der Waals surface area (Å²) in [6.45, 7) is 1.91. The number of nitrogens with zero attached hydrogens (tertiary/aromatic N) is 2. The van der Waals surface area contributed by atoms with Crippen molar-refractivity contribution >= 4 is 22.9 Å². The van der Waals surface area contributed by atoms with Gasteiger partial charge in [-0.05, 0) is 19.1 Å². The Labute approximate surface area is 87.3 Å². The molecule has 0 aliphatic heterocycles. The van der Waals surface area contributed by atoms with E-state index in [0.29, 0.717) is 0 Å². The number of aliphatic imine (C=N–C) groups is 1. The Balaban J connectivity index is 2.65. The van der Waals surface area contributed by atoms with Gasteiger partial charge in [-0.25, -0.2) is 4.99 Å². The SMILES string of the molecule is Cc1cc(N=CNO)c2ccccc2n1. The van der Waals surface area contributed by atoms with E-state index in [2.05, 4.69) is 9.98 Å². The zero-order valence-electron chi connectivity index (χ0n) is 8.31. The van der Waals surface area contributed by atoms with E-state index in [1.165, 1.54) is 6.34 Å². The van der Waals surface area contributed by atoms with E-state index in [0.717, 1.165) is 22.3 Å². The molecule has 4 nitrogen and oxygen atoms in total. The highest BCUT2D eigenvalue weighted by Crippen LogP contribution is 2.24. The molecule has 15 heavy (non-hydrogen) atoms. The molecule has 2 aromatic rings. The van der Waals surface area contributed by atoms with Crippen LogP contribution in [0.1, 0.15) is 5.69 Å². The van der Waals surface area contributed by atoms with Gasteiger partial charge in [-0.2, -0.15) is 0 Å². The van der Waals surface area contributed by atoms with Gasteiger partial charge in [0.25, 0.3) is 0 Å². The van der Waals surface area contributed by atoms with Crippen molar-refractivity contribution in [2.24, 2.45) is 4.99 Å². The predicted molar refractivity (Wildman–Crippen MR) is 59.6 cm³/mol. The summed E-state index contributed by atoms with van der Waals surface area (Å²) < 4.78 is 0. The summed E-state index contributed by atoms with van der Waals surface area (Å²) in [5, 5.41) is 9.42. The minimum absolute atomic E-state index is 0.791. The average Bonchev–Trinajstić information content (AvgIpc) is 2.25. The zero-order chi connectivity index (χ0) is 10.7. The number of aryl methyl sites for hydroxylation is 1. The first-order chi connectivity index (χ1) is 7.31. The Morgan fingerprint density at radius 2 is 2.20 bits per heavy atom. The van der Waals surface area contributed by atoms with Gasteiger partial charge in [0.05, 0.1) is 11.2 Å². The molecule has 4 heteroatoms. The van der Waals surface area contributed by atoms with Crippen LogP contribution < -0.4 is 5.48 Å². The Hall–Kier alpha value is -1.94. The van der Waals surface area contributed by atoms with Gasteiger partial charge in [0.1, 0.15) is 6.34 Å². The number of pyridine rings is 1. The molecule has 1 heterocycles. The molecular weight excluding hydrogens is 190 g/mol. The van der Waals surface area contributed by atoms with Gasteiger partial charge in [-0.15, -0.1) is 0 Å². The van der Waals surface area contributed by atoms with Crippen molar-refractivity contribution in [2.45, 2.75) is 6.92 Å². The molecule has 1 aromatic carbocycles. The summed E-state index contributed by atoms with van der Waals surface area (Å²) >= 11 is 0. The van der Waals surface area contributed by atoms with Gasteiger partial charge in [0.15, 0.2) is 0 Å². The molecule has 1 aromatic heterocycles. The fraction of sp³-hybridized carbons (Fsp3) is 0.0909. The number of fused-ring (bicyclic) bond motifs is 1. The highest BCUT2D eigenvalue weighted by Gasteiger charge is 2.00. The number of rotatable bonds is 2. The van der Waals surface area contributed by atoms with Crippen LogP contribution in [0, 0.1) is 6.92 Å². The van der Waals surface area contributed by atoms with Crippen molar-refractivity contribution < 1.29 is 5.21 Å². The van der Waals surface area contributed by atoms with E-state index in [1.54, 1.807) is 0 Å². The van der Waals surface area contributed by atoms with Crippen LogP contribution in [0.25, 0.3) is 10.9 Å². The highest BCUT2D eigenvalue weighted by molar-refractivity contribution is 5.91. The molecule has 0 unspecified atom stereocenters. The summed E-state index contributed by atoms with van der Waals surface area (Å²) in [5.41, 5.74) is 4.49. The van der Waals surface area contributed by atoms with E-state index in [4.69, 9.17) is 5.21 Å². The second kappa shape index (κ2) is 4.06. The minimum atomic E-state index is 0.791. The Bertz CT molecular complexity index is 508. The summed E-state index contributed by atoms with van der Waals surface area (Å²) in [6.07, 6.45) is 1.24. The van der Waals surface area contributed by atoms with Crippen molar-refractivity contribution in [1.82, 2.24) is 10.5 Å². The maximum atomic E-state index is 8.45. The Morgan fingerprint density at radius 1 is 1.40 bits per heavy atom.